The summed E-state index contributed by atoms with van der Waals surface area (Å²) in [6.07, 6.45) is 2.40. The van der Waals surface area contributed by atoms with Gasteiger partial charge in [-0.05, 0) is 43.2 Å². The molecule has 2 aromatic carbocycles. The van der Waals surface area contributed by atoms with Crippen LogP contribution in [0.1, 0.15) is 31.1 Å². The molecule has 152 valence electrons. The van der Waals surface area contributed by atoms with Gasteiger partial charge in [0.25, 0.3) is 0 Å². The van der Waals surface area contributed by atoms with Crippen LogP contribution in [0.25, 0.3) is 11.1 Å². The van der Waals surface area contributed by atoms with E-state index in [0.29, 0.717) is 35.3 Å². The van der Waals surface area contributed by atoms with Crippen LogP contribution in [-0.2, 0) is 9.59 Å². The quantitative estimate of drug-likeness (QED) is 0.715. The van der Waals surface area contributed by atoms with Crippen molar-refractivity contribution < 1.29 is 23.5 Å². The van der Waals surface area contributed by atoms with E-state index >= 15 is 0 Å². The van der Waals surface area contributed by atoms with Crippen molar-refractivity contribution in [3.8, 4) is 11.5 Å². The van der Waals surface area contributed by atoms with Crippen molar-refractivity contribution in [2.75, 3.05) is 23.6 Å². The van der Waals surface area contributed by atoms with Crippen LogP contribution in [0.3, 0.4) is 0 Å². The van der Waals surface area contributed by atoms with E-state index in [1.807, 2.05) is 18.2 Å². The van der Waals surface area contributed by atoms with Gasteiger partial charge >= 0.3 is 0 Å². The predicted molar refractivity (Wildman–Crippen MR) is 108 cm³/mol. The normalized spacial score (nSPS) is 20.2. The fourth-order valence-electron chi connectivity index (χ4n) is 3.96. The summed E-state index contributed by atoms with van der Waals surface area (Å²) in [4.78, 5) is 31.5. The molecule has 1 aliphatic carbocycles. The molecule has 1 atom stereocenters. The second-order valence-corrected chi connectivity index (χ2v) is 7.94. The number of carbonyl (C=O) groups is 2. The molecular weight excluding hydrogens is 386 g/mol. The van der Waals surface area contributed by atoms with Gasteiger partial charge in [0.15, 0.2) is 23.0 Å². The van der Waals surface area contributed by atoms with Gasteiger partial charge in [-0.2, -0.15) is 0 Å². The third kappa shape index (κ3) is 2.96. The molecule has 8 nitrogen and oxygen atoms in total. The van der Waals surface area contributed by atoms with Crippen LogP contribution in [0.15, 0.2) is 40.8 Å². The summed E-state index contributed by atoms with van der Waals surface area (Å²) in [5.41, 5.74) is 2.81. The number of hydrogen-bond acceptors (Lipinski definition) is 6. The molecule has 2 fully saturated rings. The highest BCUT2D eigenvalue weighted by Crippen LogP contribution is 2.41. The van der Waals surface area contributed by atoms with Gasteiger partial charge in [0.2, 0.25) is 18.6 Å². The monoisotopic (exact) mass is 405 g/mol. The maximum absolute atomic E-state index is 12.8. The van der Waals surface area contributed by atoms with Crippen LogP contribution >= 0.6 is 0 Å². The molecule has 0 spiro atoms. The van der Waals surface area contributed by atoms with Crippen LogP contribution in [0.2, 0.25) is 0 Å². The number of fused-ring (bicyclic) bond motifs is 2. The number of carbonyl (C=O) groups excluding carboxylic acids is 2. The number of nitrogens with zero attached hydrogens (tertiary/aromatic N) is 2. The summed E-state index contributed by atoms with van der Waals surface area (Å²) in [5.74, 6) is 1.77. The van der Waals surface area contributed by atoms with Crippen molar-refractivity contribution in [2.24, 2.45) is 5.92 Å². The van der Waals surface area contributed by atoms with Gasteiger partial charge in [0.1, 0.15) is 5.52 Å². The molecule has 3 aromatic rings. The molecule has 0 radical (unpaired) electrons. The Labute approximate surface area is 171 Å². The SMILES string of the molecule is O=C(Nc1ccc2oc(C3CC3)nc2c1)C1CC(=O)N(c2ccc3c(c2)OCO3)C1. The lowest BCUT2D eigenvalue weighted by Crippen LogP contribution is -2.28. The second-order valence-electron chi connectivity index (χ2n) is 7.94. The van der Waals surface area contributed by atoms with Gasteiger partial charge in [-0.15, -0.1) is 0 Å². The van der Waals surface area contributed by atoms with Gasteiger partial charge in [-0.25, -0.2) is 4.98 Å². The van der Waals surface area contributed by atoms with Crippen LogP contribution in [0, 0.1) is 5.92 Å². The molecule has 1 saturated carbocycles. The van der Waals surface area contributed by atoms with Crippen molar-refractivity contribution in [1.29, 1.82) is 0 Å². The Kier molecular flexibility index (Phi) is 3.74. The van der Waals surface area contributed by atoms with Crippen LogP contribution in [0.5, 0.6) is 11.5 Å². The lowest BCUT2D eigenvalue weighted by molar-refractivity contribution is -0.122. The average molecular weight is 405 g/mol. The van der Waals surface area contributed by atoms with Gasteiger partial charge in [-0.3, -0.25) is 9.59 Å². The molecule has 0 bridgehead atoms. The predicted octanol–water partition coefficient (Wildman–Crippen LogP) is 3.43. The number of oxazole rings is 1. The fourth-order valence-corrected chi connectivity index (χ4v) is 3.96. The zero-order chi connectivity index (χ0) is 20.2. The molecule has 6 rings (SSSR count). The lowest BCUT2D eigenvalue weighted by Gasteiger charge is -2.17. The first-order chi connectivity index (χ1) is 14.6. The van der Waals surface area contributed by atoms with E-state index < -0.39 is 5.92 Å². The molecule has 1 N–H and O–H groups in total. The number of amides is 2. The van der Waals surface area contributed by atoms with Gasteiger partial charge in [0, 0.05) is 36.3 Å². The first-order valence-corrected chi connectivity index (χ1v) is 10.1. The van der Waals surface area contributed by atoms with E-state index in [4.69, 9.17) is 13.9 Å². The summed E-state index contributed by atoms with van der Waals surface area (Å²) in [6.45, 7) is 0.498. The molecule has 2 amide bonds. The number of benzene rings is 2. The lowest BCUT2D eigenvalue weighted by atomic mass is 10.1. The van der Waals surface area contributed by atoms with Gasteiger partial charge in [-0.1, -0.05) is 0 Å². The third-order valence-corrected chi connectivity index (χ3v) is 5.76. The smallest absolute Gasteiger partial charge is 0.231 e. The highest BCUT2D eigenvalue weighted by Gasteiger charge is 2.36. The number of rotatable bonds is 4. The molecule has 1 unspecified atom stereocenters. The zero-order valence-corrected chi connectivity index (χ0v) is 16.1. The second kappa shape index (κ2) is 6.48. The Hall–Kier alpha value is -3.55. The van der Waals surface area contributed by atoms with Crippen LogP contribution < -0.4 is 19.7 Å². The number of aromatic nitrogens is 1. The highest BCUT2D eigenvalue weighted by molar-refractivity contribution is 6.04. The van der Waals surface area contributed by atoms with Crippen molar-refractivity contribution in [3.05, 3.63) is 42.3 Å². The Morgan fingerprint density at radius 1 is 1.10 bits per heavy atom. The minimum absolute atomic E-state index is 0.0879. The van der Waals surface area contributed by atoms with E-state index in [1.54, 1.807) is 23.1 Å². The maximum Gasteiger partial charge on any atom is 0.231 e. The third-order valence-electron chi connectivity index (χ3n) is 5.76. The Bertz CT molecular complexity index is 1180. The van der Waals surface area contributed by atoms with Crippen molar-refractivity contribution in [2.45, 2.75) is 25.2 Å². The van der Waals surface area contributed by atoms with Gasteiger partial charge in [0.05, 0.1) is 5.92 Å². The average Bonchev–Trinajstić information content (AvgIpc) is 3.16. The molecule has 8 heteroatoms. The van der Waals surface area contributed by atoms with Crippen LogP contribution in [0.4, 0.5) is 11.4 Å². The molecular formula is C22H19N3O5. The molecule has 3 heterocycles. The molecule has 1 saturated heterocycles. The summed E-state index contributed by atoms with van der Waals surface area (Å²) < 4.78 is 16.5. The first kappa shape index (κ1) is 17.3. The molecule has 2 aliphatic heterocycles. The van der Waals surface area contributed by atoms with E-state index in [-0.39, 0.29) is 25.0 Å². The Morgan fingerprint density at radius 3 is 2.83 bits per heavy atom. The number of anilines is 2. The van der Waals surface area contributed by atoms with Crippen LogP contribution in [-0.4, -0.2) is 30.1 Å². The summed E-state index contributed by atoms with van der Waals surface area (Å²) in [7, 11) is 0. The number of hydrogen-bond donors (Lipinski definition) is 1. The Balaban J connectivity index is 1.17. The van der Waals surface area contributed by atoms with Crippen molar-refractivity contribution >= 4 is 34.3 Å². The largest absolute Gasteiger partial charge is 0.454 e. The molecule has 1 aromatic heterocycles. The maximum atomic E-state index is 12.8. The van der Waals surface area contributed by atoms with Gasteiger partial charge < -0.3 is 24.1 Å². The van der Waals surface area contributed by atoms with E-state index in [0.717, 1.165) is 29.8 Å². The molecule has 30 heavy (non-hydrogen) atoms. The van der Waals surface area contributed by atoms with Crippen molar-refractivity contribution in [1.82, 2.24) is 4.98 Å². The zero-order valence-electron chi connectivity index (χ0n) is 16.1. The molecule has 3 aliphatic rings. The first-order valence-electron chi connectivity index (χ1n) is 10.1. The number of nitrogens with one attached hydrogen (secondary N) is 1. The minimum Gasteiger partial charge on any atom is -0.454 e. The number of ether oxygens (including phenoxy) is 2. The van der Waals surface area contributed by atoms with Crippen molar-refractivity contribution in [3.63, 3.8) is 0 Å². The fraction of sp³-hybridized carbons (Fsp3) is 0.318. The summed E-state index contributed by atoms with van der Waals surface area (Å²) in [6, 6.07) is 10.8. The minimum atomic E-state index is -0.432. The van der Waals surface area contributed by atoms with E-state index in [2.05, 4.69) is 10.3 Å². The standard InChI is InChI=1S/C22H19N3O5/c26-20-7-13(10-25(20)15-4-6-18-19(9-15)29-11-28-18)21(27)23-14-3-5-17-16(8-14)24-22(30-17)12-1-2-12/h3-6,8-9,12-13H,1-2,7,10-11H2,(H,23,27). The van der Waals surface area contributed by atoms with E-state index in [1.165, 1.54) is 0 Å². The topological polar surface area (TPSA) is 93.9 Å². The summed E-state index contributed by atoms with van der Waals surface area (Å²) >= 11 is 0. The summed E-state index contributed by atoms with van der Waals surface area (Å²) in [5, 5.41) is 2.92. The highest BCUT2D eigenvalue weighted by atomic mass is 16.7. The Morgan fingerprint density at radius 2 is 1.97 bits per heavy atom. The van der Waals surface area contributed by atoms with E-state index in [9.17, 15) is 9.59 Å².